The van der Waals surface area contributed by atoms with Crippen LogP contribution in [-0.4, -0.2) is 11.3 Å². The summed E-state index contributed by atoms with van der Waals surface area (Å²) in [6, 6.07) is 0. The molecule has 0 aliphatic heterocycles. The van der Waals surface area contributed by atoms with Crippen molar-refractivity contribution >= 4 is 5.78 Å². The Morgan fingerprint density at radius 2 is 1.25 bits per heavy atom. The van der Waals surface area contributed by atoms with Gasteiger partial charge in [-0.3, -0.25) is 4.79 Å². The van der Waals surface area contributed by atoms with E-state index >= 15 is 0 Å². The van der Waals surface area contributed by atoms with Gasteiger partial charge in [-0.1, -0.05) is 78.1 Å². The van der Waals surface area contributed by atoms with Gasteiger partial charge in [0, 0.05) is 6.42 Å². The third-order valence-corrected chi connectivity index (χ3v) is 4.16. The molecule has 0 radical (unpaired) electrons. The average Bonchev–Trinajstić information content (AvgIpc) is 2.40. The summed E-state index contributed by atoms with van der Waals surface area (Å²) in [7, 11) is 0. The molecule has 0 bridgehead atoms. The molecule has 0 spiro atoms. The van der Waals surface area contributed by atoms with E-state index in [-0.39, 0.29) is 5.78 Å². The highest BCUT2D eigenvalue weighted by atomic mass is 16.1. The lowest BCUT2D eigenvalue weighted by atomic mass is 9.89. The molecule has 2 heteroatoms. The minimum Gasteiger partial charge on any atom is -0.319 e. The number of carbonyl (C=O) groups is 1. The first-order chi connectivity index (χ1) is 9.54. The molecule has 0 saturated heterocycles. The number of carbonyl (C=O) groups excluding carboxylic acids is 1. The van der Waals surface area contributed by atoms with Crippen LogP contribution in [0.3, 0.4) is 0 Å². The maximum atomic E-state index is 12.0. The monoisotopic (exact) mass is 283 g/mol. The number of Topliss-reactive ketones (excluding diaryl/α,β-unsaturated/α-hetero) is 1. The minimum atomic E-state index is -0.589. The second-order valence-corrected chi connectivity index (χ2v) is 6.52. The molecule has 0 aromatic carbocycles. The SMILES string of the molecule is CCCCCCCCCCCCC(=O)C(C)(N)CCC. The van der Waals surface area contributed by atoms with Crippen LogP contribution in [0.2, 0.25) is 0 Å². The molecule has 0 saturated carbocycles. The molecule has 0 rings (SSSR count). The lowest BCUT2D eigenvalue weighted by molar-refractivity contribution is -0.124. The molecule has 120 valence electrons. The molecule has 1 atom stereocenters. The molecule has 2 N–H and O–H groups in total. The van der Waals surface area contributed by atoms with Crippen molar-refractivity contribution in [3.63, 3.8) is 0 Å². The topological polar surface area (TPSA) is 43.1 Å². The highest BCUT2D eigenvalue weighted by Gasteiger charge is 2.25. The number of hydrogen-bond acceptors (Lipinski definition) is 2. The Balaban J connectivity index is 3.38. The molecule has 1 unspecified atom stereocenters. The first-order valence-corrected chi connectivity index (χ1v) is 8.86. The van der Waals surface area contributed by atoms with Crippen LogP contribution < -0.4 is 5.73 Å². The maximum Gasteiger partial charge on any atom is 0.152 e. The summed E-state index contributed by atoms with van der Waals surface area (Å²) in [6.45, 7) is 6.22. The number of unbranched alkanes of at least 4 members (excludes halogenated alkanes) is 9. The fourth-order valence-corrected chi connectivity index (χ4v) is 2.72. The Labute approximate surface area is 126 Å². The molecule has 0 aromatic heterocycles. The number of hydrogen-bond donors (Lipinski definition) is 1. The van der Waals surface area contributed by atoms with Gasteiger partial charge in [-0.15, -0.1) is 0 Å². The van der Waals surface area contributed by atoms with E-state index in [0.717, 1.165) is 19.3 Å². The summed E-state index contributed by atoms with van der Waals surface area (Å²) >= 11 is 0. The Bertz CT molecular complexity index is 236. The number of rotatable bonds is 14. The molecule has 0 amide bonds. The van der Waals surface area contributed by atoms with Crippen molar-refractivity contribution in [3.8, 4) is 0 Å². The van der Waals surface area contributed by atoms with E-state index in [1.165, 1.54) is 57.8 Å². The van der Waals surface area contributed by atoms with Crippen molar-refractivity contribution in [2.24, 2.45) is 5.73 Å². The van der Waals surface area contributed by atoms with Crippen LogP contribution in [0.4, 0.5) is 0 Å². The highest BCUT2D eigenvalue weighted by molar-refractivity contribution is 5.87. The standard InChI is InChI=1S/C18H37NO/c1-4-6-7-8-9-10-11-12-13-14-15-17(20)18(3,19)16-5-2/h4-16,19H2,1-3H3. The summed E-state index contributed by atoms with van der Waals surface area (Å²) < 4.78 is 0. The second-order valence-electron chi connectivity index (χ2n) is 6.52. The van der Waals surface area contributed by atoms with Crippen LogP contribution in [0.5, 0.6) is 0 Å². The van der Waals surface area contributed by atoms with Crippen LogP contribution in [0.15, 0.2) is 0 Å². The quantitative estimate of drug-likeness (QED) is 0.435. The Kier molecular flexibility index (Phi) is 12.1. The Morgan fingerprint density at radius 3 is 1.70 bits per heavy atom. The smallest absolute Gasteiger partial charge is 0.152 e. The van der Waals surface area contributed by atoms with Gasteiger partial charge in [0.2, 0.25) is 0 Å². The van der Waals surface area contributed by atoms with Gasteiger partial charge >= 0.3 is 0 Å². The van der Waals surface area contributed by atoms with Gasteiger partial charge in [0.1, 0.15) is 0 Å². The van der Waals surface area contributed by atoms with Gasteiger partial charge in [0.05, 0.1) is 5.54 Å². The Hall–Kier alpha value is -0.370. The molecule has 0 aromatic rings. The molecule has 0 heterocycles. The van der Waals surface area contributed by atoms with Crippen molar-refractivity contribution in [1.29, 1.82) is 0 Å². The van der Waals surface area contributed by atoms with Crippen LogP contribution in [-0.2, 0) is 4.79 Å². The van der Waals surface area contributed by atoms with Crippen molar-refractivity contribution < 1.29 is 4.79 Å². The van der Waals surface area contributed by atoms with Crippen molar-refractivity contribution in [3.05, 3.63) is 0 Å². The van der Waals surface area contributed by atoms with Crippen molar-refractivity contribution in [2.75, 3.05) is 0 Å². The second kappa shape index (κ2) is 12.4. The van der Waals surface area contributed by atoms with Crippen molar-refractivity contribution in [2.45, 2.75) is 110 Å². The third-order valence-electron chi connectivity index (χ3n) is 4.16. The fourth-order valence-electron chi connectivity index (χ4n) is 2.72. The van der Waals surface area contributed by atoms with Crippen LogP contribution in [0, 0.1) is 0 Å². The van der Waals surface area contributed by atoms with Gasteiger partial charge in [0.25, 0.3) is 0 Å². The fraction of sp³-hybridized carbons (Fsp3) is 0.944. The summed E-state index contributed by atoms with van der Waals surface area (Å²) in [4.78, 5) is 12.0. The van der Waals surface area contributed by atoms with Gasteiger partial charge in [-0.2, -0.15) is 0 Å². The predicted molar refractivity (Wildman–Crippen MR) is 89.0 cm³/mol. The zero-order valence-electron chi connectivity index (χ0n) is 14.2. The average molecular weight is 284 g/mol. The molecule has 2 nitrogen and oxygen atoms in total. The minimum absolute atomic E-state index is 0.249. The number of ketones is 1. The molecule has 20 heavy (non-hydrogen) atoms. The zero-order chi connectivity index (χ0) is 15.3. The molecular weight excluding hydrogens is 246 g/mol. The summed E-state index contributed by atoms with van der Waals surface area (Å²) in [5.74, 6) is 0.249. The van der Waals surface area contributed by atoms with E-state index in [9.17, 15) is 4.79 Å². The van der Waals surface area contributed by atoms with Crippen LogP contribution >= 0.6 is 0 Å². The van der Waals surface area contributed by atoms with E-state index < -0.39 is 5.54 Å². The van der Waals surface area contributed by atoms with Crippen molar-refractivity contribution in [1.82, 2.24) is 0 Å². The van der Waals surface area contributed by atoms with Crippen LogP contribution in [0.25, 0.3) is 0 Å². The van der Waals surface area contributed by atoms with Gasteiger partial charge in [-0.25, -0.2) is 0 Å². The summed E-state index contributed by atoms with van der Waals surface area (Å²) in [5, 5.41) is 0. The molecule has 0 fully saturated rings. The lowest BCUT2D eigenvalue weighted by Gasteiger charge is -2.22. The molecule has 0 aliphatic rings. The first-order valence-electron chi connectivity index (χ1n) is 8.86. The highest BCUT2D eigenvalue weighted by Crippen LogP contribution is 2.16. The number of nitrogens with two attached hydrogens (primary N) is 1. The summed E-state index contributed by atoms with van der Waals surface area (Å²) in [6.07, 6.45) is 15.5. The van der Waals surface area contributed by atoms with E-state index in [1.807, 2.05) is 6.92 Å². The van der Waals surface area contributed by atoms with Crippen LogP contribution in [0.1, 0.15) is 104 Å². The maximum absolute atomic E-state index is 12.0. The normalized spacial score (nSPS) is 14.2. The Morgan fingerprint density at radius 1 is 0.800 bits per heavy atom. The molecular formula is C18H37NO. The van der Waals surface area contributed by atoms with Gasteiger partial charge in [0.15, 0.2) is 5.78 Å². The first kappa shape index (κ1) is 19.6. The third kappa shape index (κ3) is 10.4. The largest absolute Gasteiger partial charge is 0.319 e. The van der Waals surface area contributed by atoms with E-state index in [0.29, 0.717) is 6.42 Å². The summed E-state index contributed by atoms with van der Waals surface area (Å²) in [5.41, 5.74) is 5.45. The van der Waals surface area contributed by atoms with Gasteiger partial charge in [-0.05, 0) is 19.8 Å². The molecule has 0 aliphatic carbocycles. The van der Waals surface area contributed by atoms with E-state index in [1.54, 1.807) is 0 Å². The van der Waals surface area contributed by atoms with E-state index in [4.69, 9.17) is 5.73 Å². The zero-order valence-corrected chi connectivity index (χ0v) is 14.2. The lowest BCUT2D eigenvalue weighted by Crippen LogP contribution is -2.44. The van der Waals surface area contributed by atoms with E-state index in [2.05, 4.69) is 13.8 Å². The predicted octanol–water partition coefficient (Wildman–Crippen LogP) is 5.38. The van der Waals surface area contributed by atoms with Gasteiger partial charge < -0.3 is 5.73 Å².